The van der Waals surface area contributed by atoms with E-state index in [9.17, 15) is 18.0 Å². The lowest BCUT2D eigenvalue weighted by Crippen LogP contribution is -2.35. The van der Waals surface area contributed by atoms with Crippen molar-refractivity contribution in [2.45, 2.75) is 32.9 Å². The highest BCUT2D eigenvalue weighted by atomic mass is 19.4. The molecule has 1 aromatic carbocycles. The molecule has 0 unspecified atom stereocenters. The van der Waals surface area contributed by atoms with Gasteiger partial charge < -0.3 is 15.0 Å². The maximum atomic E-state index is 12.9. The molecule has 0 saturated carbocycles. The summed E-state index contributed by atoms with van der Waals surface area (Å²) in [5.74, 6) is -0.108. The molecule has 1 rings (SSSR count). The fourth-order valence-corrected chi connectivity index (χ4v) is 2.45. The Morgan fingerprint density at radius 3 is 2.48 bits per heavy atom. The summed E-state index contributed by atoms with van der Waals surface area (Å²) in [6, 6.07) is 5.47. The number of hydrogen-bond donors (Lipinski definition) is 1. The molecule has 0 heterocycles. The summed E-state index contributed by atoms with van der Waals surface area (Å²) in [5.41, 5.74) is -0.425. The topological polar surface area (TPSA) is 41.6 Å². The highest BCUT2D eigenvalue weighted by Gasteiger charge is 2.32. The van der Waals surface area contributed by atoms with Crippen LogP contribution in [0.2, 0.25) is 0 Å². The first-order valence-electron chi connectivity index (χ1n) is 8.60. The van der Waals surface area contributed by atoms with Gasteiger partial charge in [-0.05, 0) is 31.1 Å². The number of carbonyl (C=O) groups is 1. The van der Waals surface area contributed by atoms with Gasteiger partial charge in [0.25, 0.3) is 0 Å². The van der Waals surface area contributed by atoms with Crippen molar-refractivity contribution in [1.82, 2.24) is 10.2 Å². The molecular weight excluding hydrogens is 333 g/mol. The molecule has 0 aliphatic carbocycles. The predicted molar refractivity (Wildman–Crippen MR) is 91.4 cm³/mol. The minimum Gasteiger partial charge on any atom is -0.381 e. The highest BCUT2D eigenvalue weighted by Crippen LogP contribution is 2.31. The number of nitrogens with one attached hydrogen (secondary N) is 1. The van der Waals surface area contributed by atoms with E-state index in [0.717, 1.165) is 25.7 Å². The second kappa shape index (κ2) is 11.1. The summed E-state index contributed by atoms with van der Waals surface area (Å²) >= 11 is 0. The average molecular weight is 360 g/mol. The van der Waals surface area contributed by atoms with Gasteiger partial charge in [0.05, 0.1) is 18.8 Å². The van der Waals surface area contributed by atoms with Crippen molar-refractivity contribution in [3.05, 3.63) is 35.4 Å². The summed E-state index contributed by atoms with van der Waals surface area (Å²) in [6.07, 6.45) is -3.99. The normalized spacial score (nSPS) is 11.8. The van der Waals surface area contributed by atoms with E-state index in [4.69, 9.17) is 4.74 Å². The molecule has 0 aromatic heterocycles. The van der Waals surface area contributed by atoms with Gasteiger partial charge in [0.15, 0.2) is 0 Å². The Morgan fingerprint density at radius 1 is 1.16 bits per heavy atom. The van der Waals surface area contributed by atoms with Crippen molar-refractivity contribution in [1.29, 1.82) is 0 Å². The monoisotopic (exact) mass is 360 g/mol. The fourth-order valence-electron chi connectivity index (χ4n) is 2.45. The molecule has 1 N–H and O–H groups in total. The SMILES string of the molecule is CCN(CC)CCNC(=O)CCOCCc1ccccc1C(F)(F)F. The maximum absolute atomic E-state index is 12.9. The largest absolute Gasteiger partial charge is 0.416 e. The van der Waals surface area contributed by atoms with Crippen LogP contribution in [0.15, 0.2) is 24.3 Å². The lowest BCUT2D eigenvalue weighted by molar-refractivity contribution is -0.138. The Morgan fingerprint density at radius 2 is 1.84 bits per heavy atom. The van der Waals surface area contributed by atoms with E-state index in [0.29, 0.717) is 6.54 Å². The summed E-state index contributed by atoms with van der Waals surface area (Å²) < 4.78 is 43.9. The molecule has 0 saturated heterocycles. The van der Waals surface area contributed by atoms with Gasteiger partial charge in [-0.25, -0.2) is 0 Å². The second-order valence-corrected chi connectivity index (χ2v) is 5.64. The third-order valence-electron chi connectivity index (χ3n) is 3.96. The Labute approximate surface area is 147 Å². The third-order valence-corrected chi connectivity index (χ3v) is 3.96. The zero-order valence-corrected chi connectivity index (χ0v) is 14.9. The number of nitrogens with zero attached hydrogens (tertiary/aromatic N) is 1. The van der Waals surface area contributed by atoms with Crippen LogP contribution in [0.3, 0.4) is 0 Å². The number of carbonyl (C=O) groups excluding carboxylic acids is 1. The first kappa shape index (κ1) is 21.4. The van der Waals surface area contributed by atoms with E-state index in [-0.39, 0.29) is 37.5 Å². The molecule has 0 radical (unpaired) electrons. The zero-order chi connectivity index (χ0) is 18.7. The molecule has 7 heteroatoms. The van der Waals surface area contributed by atoms with Crippen molar-refractivity contribution < 1.29 is 22.7 Å². The number of ether oxygens (including phenoxy) is 1. The van der Waals surface area contributed by atoms with Crippen molar-refractivity contribution in [2.24, 2.45) is 0 Å². The van der Waals surface area contributed by atoms with Gasteiger partial charge in [0, 0.05) is 19.5 Å². The Hall–Kier alpha value is -1.60. The smallest absolute Gasteiger partial charge is 0.381 e. The van der Waals surface area contributed by atoms with E-state index in [1.54, 1.807) is 6.07 Å². The van der Waals surface area contributed by atoms with Gasteiger partial charge >= 0.3 is 6.18 Å². The lowest BCUT2D eigenvalue weighted by Gasteiger charge is -2.17. The van der Waals surface area contributed by atoms with Crippen LogP contribution in [0, 0.1) is 0 Å². The van der Waals surface area contributed by atoms with Crippen LogP contribution in [0.1, 0.15) is 31.4 Å². The lowest BCUT2D eigenvalue weighted by atomic mass is 10.0. The minimum atomic E-state index is -4.36. The number of rotatable bonds is 11. The van der Waals surface area contributed by atoms with E-state index >= 15 is 0 Å². The number of halogens is 3. The van der Waals surface area contributed by atoms with Gasteiger partial charge in [-0.15, -0.1) is 0 Å². The first-order valence-corrected chi connectivity index (χ1v) is 8.60. The third kappa shape index (κ3) is 8.36. The van der Waals surface area contributed by atoms with Crippen molar-refractivity contribution >= 4 is 5.91 Å². The van der Waals surface area contributed by atoms with Gasteiger partial charge in [-0.1, -0.05) is 32.0 Å². The highest BCUT2D eigenvalue weighted by molar-refractivity contribution is 5.75. The summed E-state index contributed by atoms with van der Waals surface area (Å²) in [4.78, 5) is 13.9. The predicted octanol–water partition coefficient (Wildman–Crippen LogP) is 3.11. The Balaban J connectivity index is 2.21. The molecule has 0 bridgehead atoms. The molecule has 0 aliphatic rings. The van der Waals surface area contributed by atoms with Crippen molar-refractivity contribution in [3.63, 3.8) is 0 Å². The number of hydrogen-bond acceptors (Lipinski definition) is 3. The van der Waals surface area contributed by atoms with Crippen molar-refractivity contribution in [2.75, 3.05) is 39.4 Å². The molecular formula is C18H27F3N2O2. The molecule has 4 nitrogen and oxygen atoms in total. The first-order chi connectivity index (χ1) is 11.9. The van der Waals surface area contributed by atoms with Gasteiger partial charge in [-0.3, -0.25) is 4.79 Å². The van der Waals surface area contributed by atoms with Crippen LogP contribution >= 0.6 is 0 Å². The quantitative estimate of drug-likeness (QED) is 0.617. The molecule has 0 fully saturated rings. The van der Waals surface area contributed by atoms with Gasteiger partial charge in [-0.2, -0.15) is 13.2 Å². The minimum absolute atomic E-state index is 0.108. The Kier molecular flexibility index (Phi) is 9.52. The van der Waals surface area contributed by atoms with E-state index in [1.165, 1.54) is 12.1 Å². The number of benzene rings is 1. The number of likely N-dealkylation sites (N-methyl/N-ethyl adjacent to an activating group) is 1. The van der Waals surface area contributed by atoms with Gasteiger partial charge in [0.2, 0.25) is 5.91 Å². The van der Waals surface area contributed by atoms with Crippen LogP contribution < -0.4 is 5.32 Å². The molecule has 1 aromatic rings. The molecule has 0 spiro atoms. The number of alkyl halides is 3. The van der Waals surface area contributed by atoms with Crippen LogP contribution in [0.4, 0.5) is 13.2 Å². The summed E-state index contributed by atoms with van der Waals surface area (Å²) in [6.45, 7) is 7.74. The van der Waals surface area contributed by atoms with Gasteiger partial charge in [0.1, 0.15) is 0 Å². The molecule has 25 heavy (non-hydrogen) atoms. The molecule has 0 aliphatic heterocycles. The van der Waals surface area contributed by atoms with Crippen LogP contribution in [-0.2, 0) is 22.1 Å². The number of amides is 1. The molecule has 0 atom stereocenters. The van der Waals surface area contributed by atoms with E-state index in [2.05, 4.69) is 24.1 Å². The summed E-state index contributed by atoms with van der Waals surface area (Å²) in [5, 5.41) is 2.81. The van der Waals surface area contributed by atoms with Crippen LogP contribution in [0.25, 0.3) is 0 Å². The second-order valence-electron chi connectivity index (χ2n) is 5.64. The van der Waals surface area contributed by atoms with Crippen LogP contribution in [-0.4, -0.2) is 50.2 Å². The zero-order valence-electron chi connectivity index (χ0n) is 14.9. The van der Waals surface area contributed by atoms with Crippen molar-refractivity contribution in [3.8, 4) is 0 Å². The average Bonchev–Trinajstić information content (AvgIpc) is 2.58. The molecule has 1 amide bonds. The maximum Gasteiger partial charge on any atom is 0.416 e. The van der Waals surface area contributed by atoms with Crippen LogP contribution in [0.5, 0.6) is 0 Å². The summed E-state index contributed by atoms with van der Waals surface area (Å²) in [7, 11) is 0. The molecule has 142 valence electrons. The fraction of sp³-hybridized carbons (Fsp3) is 0.611. The van der Waals surface area contributed by atoms with E-state index in [1.807, 2.05) is 0 Å². The standard InChI is InChI=1S/C18H27F3N2O2/c1-3-23(4-2)12-11-22-17(24)10-14-25-13-9-15-7-5-6-8-16(15)18(19,20)21/h5-8H,3-4,9-14H2,1-2H3,(H,22,24). The van der Waals surface area contributed by atoms with E-state index < -0.39 is 11.7 Å². The Bertz CT molecular complexity index is 517.